The molecule has 0 saturated carbocycles. The summed E-state index contributed by atoms with van der Waals surface area (Å²) in [6.45, 7) is 0. The van der Waals surface area contributed by atoms with Crippen LogP contribution in [-0.2, 0) is 0 Å². The molecule has 1 unspecified atom stereocenters. The number of aromatic nitrogens is 2. The van der Waals surface area contributed by atoms with Crippen molar-refractivity contribution in [2.45, 2.75) is 17.8 Å². The number of alkyl halides is 3. The fourth-order valence-electron chi connectivity index (χ4n) is 0.628. The first-order chi connectivity index (χ1) is 6.59. The molecule has 14 heavy (non-hydrogen) atoms. The average molecular weight is 224 g/mol. The van der Waals surface area contributed by atoms with Gasteiger partial charge in [-0.05, 0) is 0 Å². The van der Waals surface area contributed by atoms with Crippen LogP contribution >= 0.6 is 11.8 Å². The van der Waals surface area contributed by atoms with Crippen molar-refractivity contribution < 1.29 is 18.3 Å². The topological polar surface area (TPSA) is 46.0 Å². The van der Waals surface area contributed by atoms with E-state index >= 15 is 0 Å². The normalized spacial score (nSPS) is 13.1. The molecule has 1 N–H and O–H groups in total. The summed E-state index contributed by atoms with van der Waals surface area (Å²) in [7, 11) is 0. The maximum Gasteiger partial charge on any atom is 0.270 e. The Labute approximate surface area is 82.4 Å². The van der Waals surface area contributed by atoms with E-state index in [1.165, 1.54) is 12.3 Å². The van der Waals surface area contributed by atoms with Crippen molar-refractivity contribution in [2.24, 2.45) is 0 Å². The molecule has 0 aliphatic heterocycles. The van der Waals surface area contributed by atoms with Crippen LogP contribution in [0, 0.1) is 0 Å². The second kappa shape index (κ2) is 5.04. The molecule has 1 rings (SSSR count). The summed E-state index contributed by atoms with van der Waals surface area (Å²) >= 11 is 0.734. The number of thioether (sulfide) groups is 1. The zero-order valence-electron chi connectivity index (χ0n) is 6.90. The standard InChI is InChI=1S/C7H7F3N2OS/c8-4(6(9)10)3-14-7-11-2-1-5(13)12-7/h1-2,4,6H,3H2,(H,11,12,13). The summed E-state index contributed by atoms with van der Waals surface area (Å²) in [5, 5.41) is 8.96. The van der Waals surface area contributed by atoms with E-state index in [4.69, 9.17) is 5.11 Å². The van der Waals surface area contributed by atoms with Crippen LogP contribution in [0.4, 0.5) is 13.2 Å². The first-order valence-corrected chi connectivity index (χ1v) is 4.65. The molecule has 1 aromatic rings. The second-order valence-corrected chi connectivity index (χ2v) is 3.35. The van der Waals surface area contributed by atoms with Gasteiger partial charge in [0.05, 0.1) is 0 Å². The third-order valence-corrected chi connectivity index (χ3v) is 2.20. The molecule has 1 heterocycles. The predicted octanol–water partition coefficient (Wildman–Crippen LogP) is 1.88. The zero-order chi connectivity index (χ0) is 10.6. The van der Waals surface area contributed by atoms with Crippen LogP contribution < -0.4 is 0 Å². The van der Waals surface area contributed by atoms with Crippen LogP contribution in [0.2, 0.25) is 0 Å². The van der Waals surface area contributed by atoms with E-state index in [0.29, 0.717) is 0 Å². The second-order valence-electron chi connectivity index (χ2n) is 2.36. The highest BCUT2D eigenvalue weighted by Gasteiger charge is 2.19. The molecule has 0 aliphatic rings. The molecule has 0 fully saturated rings. The summed E-state index contributed by atoms with van der Waals surface area (Å²) in [5.41, 5.74) is 0. The lowest BCUT2D eigenvalue weighted by Crippen LogP contribution is -2.14. The van der Waals surface area contributed by atoms with E-state index in [9.17, 15) is 13.2 Å². The van der Waals surface area contributed by atoms with E-state index in [1.807, 2.05) is 0 Å². The Morgan fingerprint density at radius 2 is 2.14 bits per heavy atom. The monoisotopic (exact) mass is 224 g/mol. The lowest BCUT2D eigenvalue weighted by Gasteiger charge is -2.04. The Balaban J connectivity index is 2.45. The van der Waals surface area contributed by atoms with Gasteiger partial charge in [0, 0.05) is 18.0 Å². The first-order valence-electron chi connectivity index (χ1n) is 3.66. The number of rotatable bonds is 4. The van der Waals surface area contributed by atoms with Gasteiger partial charge in [0.2, 0.25) is 5.88 Å². The van der Waals surface area contributed by atoms with Gasteiger partial charge in [-0.25, -0.2) is 18.2 Å². The van der Waals surface area contributed by atoms with Crippen LogP contribution in [0.25, 0.3) is 0 Å². The van der Waals surface area contributed by atoms with Gasteiger partial charge in [0.1, 0.15) is 0 Å². The van der Waals surface area contributed by atoms with Gasteiger partial charge in [0.15, 0.2) is 11.3 Å². The molecule has 3 nitrogen and oxygen atoms in total. The first kappa shape index (κ1) is 11.1. The van der Waals surface area contributed by atoms with E-state index in [0.717, 1.165) is 11.8 Å². The number of halogens is 3. The van der Waals surface area contributed by atoms with Crippen molar-refractivity contribution in [2.75, 3.05) is 5.75 Å². The van der Waals surface area contributed by atoms with Crippen molar-refractivity contribution in [1.82, 2.24) is 9.97 Å². The Morgan fingerprint density at radius 1 is 1.43 bits per heavy atom. The van der Waals surface area contributed by atoms with Crippen molar-refractivity contribution in [3.63, 3.8) is 0 Å². The maximum absolute atomic E-state index is 12.4. The van der Waals surface area contributed by atoms with Crippen LogP contribution in [0.1, 0.15) is 0 Å². The molecule has 0 saturated heterocycles. The fraction of sp³-hybridized carbons (Fsp3) is 0.429. The summed E-state index contributed by atoms with van der Waals surface area (Å²) in [4.78, 5) is 7.15. The maximum atomic E-state index is 12.4. The highest BCUT2D eigenvalue weighted by Crippen LogP contribution is 2.19. The molecule has 1 aromatic heterocycles. The molecular formula is C7H7F3N2OS. The lowest BCUT2D eigenvalue weighted by atomic mass is 10.5. The van der Waals surface area contributed by atoms with Gasteiger partial charge in [-0.15, -0.1) is 0 Å². The smallest absolute Gasteiger partial charge is 0.270 e. The van der Waals surface area contributed by atoms with Gasteiger partial charge in [0.25, 0.3) is 6.43 Å². The number of hydrogen-bond donors (Lipinski definition) is 1. The van der Waals surface area contributed by atoms with E-state index in [-0.39, 0.29) is 11.0 Å². The van der Waals surface area contributed by atoms with E-state index < -0.39 is 18.3 Å². The third kappa shape index (κ3) is 3.41. The SMILES string of the molecule is Oc1ccnc(SCC(F)C(F)F)n1. The molecule has 78 valence electrons. The van der Waals surface area contributed by atoms with E-state index in [1.54, 1.807) is 0 Å². The third-order valence-electron chi connectivity index (χ3n) is 1.26. The van der Waals surface area contributed by atoms with Gasteiger partial charge in [-0.1, -0.05) is 11.8 Å². The molecular weight excluding hydrogens is 217 g/mol. The molecule has 0 amide bonds. The number of nitrogens with zero attached hydrogens (tertiary/aromatic N) is 2. The van der Waals surface area contributed by atoms with Crippen LogP contribution in [0.5, 0.6) is 5.88 Å². The molecule has 0 aliphatic carbocycles. The highest BCUT2D eigenvalue weighted by atomic mass is 32.2. The van der Waals surface area contributed by atoms with Crippen molar-refractivity contribution >= 4 is 11.8 Å². The van der Waals surface area contributed by atoms with Crippen molar-refractivity contribution in [3.05, 3.63) is 12.3 Å². The molecule has 7 heteroatoms. The molecule has 1 atom stereocenters. The minimum absolute atomic E-state index is 0.0771. The Bertz CT molecular complexity index is 300. The quantitative estimate of drug-likeness (QED) is 0.626. The largest absolute Gasteiger partial charge is 0.493 e. The lowest BCUT2D eigenvalue weighted by molar-refractivity contribution is 0.0628. The van der Waals surface area contributed by atoms with Gasteiger partial charge < -0.3 is 5.11 Å². The summed E-state index contributed by atoms with van der Waals surface area (Å²) < 4.78 is 35.9. The van der Waals surface area contributed by atoms with Crippen LogP contribution in [0.3, 0.4) is 0 Å². The minimum Gasteiger partial charge on any atom is -0.493 e. The molecule has 0 spiro atoms. The molecule has 0 radical (unpaired) electrons. The zero-order valence-corrected chi connectivity index (χ0v) is 7.72. The number of aromatic hydroxyl groups is 1. The van der Waals surface area contributed by atoms with Crippen molar-refractivity contribution in [1.29, 1.82) is 0 Å². The Hall–Kier alpha value is -0.980. The summed E-state index contributed by atoms with van der Waals surface area (Å²) in [6.07, 6.45) is -3.94. The highest BCUT2D eigenvalue weighted by molar-refractivity contribution is 7.99. The predicted molar refractivity (Wildman–Crippen MR) is 45.3 cm³/mol. The minimum atomic E-state index is -3.00. The van der Waals surface area contributed by atoms with Crippen molar-refractivity contribution in [3.8, 4) is 5.88 Å². The Kier molecular flexibility index (Phi) is 3.99. The molecule has 0 aromatic carbocycles. The average Bonchev–Trinajstić information content (AvgIpc) is 2.14. The Morgan fingerprint density at radius 3 is 2.71 bits per heavy atom. The number of hydrogen-bond acceptors (Lipinski definition) is 4. The van der Waals surface area contributed by atoms with Gasteiger partial charge in [-0.2, -0.15) is 4.98 Å². The summed E-state index contributed by atoms with van der Waals surface area (Å²) in [6, 6.07) is 1.24. The molecule has 0 bridgehead atoms. The van der Waals surface area contributed by atoms with Gasteiger partial charge >= 0.3 is 0 Å². The van der Waals surface area contributed by atoms with Crippen LogP contribution in [-0.4, -0.2) is 33.4 Å². The van der Waals surface area contributed by atoms with E-state index in [2.05, 4.69) is 9.97 Å². The summed E-state index contributed by atoms with van der Waals surface area (Å²) in [5.74, 6) is -0.698. The van der Waals surface area contributed by atoms with Crippen LogP contribution in [0.15, 0.2) is 17.4 Å². The van der Waals surface area contributed by atoms with Gasteiger partial charge in [-0.3, -0.25) is 0 Å². The fourth-order valence-corrected chi connectivity index (χ4v) is 1.38.